The number of aromatic nitrogens is 2. The fourth-order valence-corrected chi connectivity index (χ4v) is 2.54. The van der Waals surface area contributed by atoms with Gasteiger partial charge in [0.1, 0.15) is 0 Å². The molecule has 0 saturated carbocycles. The maximum Gasteiger partial charge on any atom is 0.191 e. The maximum absolute atomic E-state index is 4.30. The van der Waals surface area contributed by atoms with Crippen LogP contribution in [0.1, 0.15) is 25.0 Å². The Bertz CT molecular complexity index is 610. The van der Waals surface area contributed by atoms with Crippen LogP contribution in [0.4, 0.5) is 0 Å². The molecule has 1 aromatic heterocycles. The zero-order valence-corrected chi connectivity index (χ0v) is 17.0. The third-order valence-corrected chi connectivity index (χ3v) is 3.85. The van der Waals surface area contributed by atoms with Crippen LogP contribution in [0.25, 0.3) is 0 Å². The second kappa shape index (κ2) is 11.1. The van der Waals surface area contributed by atoms with E-state index >= 15 is 0 Å². The monoisotopic (exact) mass is 441 g/mol. The third kappa shape index (κ3) is 6.51. The fraction of sp³-hybridized carbons (Fsp3) is 0.444. The van der Waals surface area contributed by atoms with E-state index in [4.69, 9.17) is 0 Å². The molecule has 0 bridgehead atoms. The van der Waals surface area contributed by atoms with E-state index in [1.54, 1.807) is 7.05 Å². The summed E-state index contributed by atoms with van der Waals surface area (Å²) >= 11 is 0. The minimum atomic E-state index is 0. The number of nitrogens with one attached hydrogen (secondary N) is 2. The Morgan fingerprint density at radius 3 is 2.58 bits per heavy atom. The lowest BCUT2D eigenvalue weighted by atomic mass is 10.1. The molecule has 5 nitrogen and oxygen atoms in total. The van der Waals surface area contributed by atoms with Crippen LogP contribution in [0.5, 0.6) is 0 Å². The molecule has 1 aromatic carbocycles. The van der Waals surface area contributed by atoms with Crippen molar-refractivity contribution in [2.45, 2.75) is 33.4 Å². The summed E-state index contributed by atoms with van der Waals surface area (Å²) in [6.07, 6.45) is 4.85. The number of halogens is 1. The van der Waals surface area contributed by atoms with Crippen LogP contribution in [0.2, 0.25) is 0 Å². The predicted octanol–water partition coefficient (Wildman–Crippen LogP) is 3.06. The Balaban J connectivity index is 0.00000288. The molecule has 0 aliphatic carbocycles. The van der Waals surface area contributed by atoms with Crippen molar-refractivity contribution in [1.29, 1.82) is 0 Å². The molecule has 2 rings (SSSR count). The minimum Gasteiger partial charge on any atom is -0.356 e. The first-order valence-corrected chi connectivity index (χ1v) is 8.21. The van der Waals surface area contributed by atoms with Crippen LogP contribution in [0, 0.1) is 5.92 Å². The molecule has 1 heterocycles. The zero-order valence-electron chi connectivity index (χ0n) is 14.7. The molecular formula is C18H28IN5. The van der Waals surface area contributed by atoms with Gasteiger partial charge < -0.3 is 10.6 Å². The van der Waals surface area contributed by atoms with E-state index in [9.17, 15) is 0 Å². The van der Waals surface area contributed by atoms with Crippen LogP contribution >= 0.6 is 24.0 Å². The number of aryl methyl sites for hydroxylation is 1. The SMILES string of the molecule is CCc1ccccc1CNC(=NC)NCC(C)Cn1cccn1.I. The Hall–Kier alpha value is -1.57. The van der Waals surface area contributed by atoms with Crippen molar-refractivity contribution in [2.24, 2.45) is 10.9 Å². The van der Waals surface area contributed by atoms with Gasteiger partial charge in [-0.15, -0.1) is 24.0 Å². The van der Waals surface area contributed by atoms with Gasteiger partial charge in [0.15, 0.2) is 5.96 Å². The van der Waals surface area contributed by atoms with Gasteiger partial charge in [-0.25, -0.2) is 0 Å². The molecule has 2 N–H and O–H groups in total. The highest BCUT2D eigenvalue weighted by molar-refractivity contribution is 14.0. The average Bonchev–Trinajstić information content (AvgIpc) is 3.08. The lowest BCUT2D eigenvalue weighted by Gasteiger charge is -2.17. The smallest absolute Gasteiger partial charge is 0.191 e. The molecule has 6 heteroatoms. The van der Waals surface area contributed by atoms with Gasteiger partial charge in [0.05, 0.1) is 0 Å². The van der Waals surface area contributed by atoms with Crippen LogP contribution in [0.3, 0.4) is 0 Å². The summed E-state index contributed by atoms with van der Waals surface area (Å²) in [5.41, 5.74) is 2.70. The first-order valence-electron chi connectivity index (χ1n) is 8.21. The summed E-state index contributed by atoms with van der Waals surface area (Å²) in [5.74, 6) is 1.31. The molecule has 132 valence electrons. The van der Waals surface area contributed by atoms with Crippen molar-refractivity contribution < 1.29 is 0 Å². The molecule has 0 aliphatic rings. The molecule has 1 unspecified atom stereocenters. The first-order chi connectivity index (χ1) is 11.2. The molecule has 0 aliphatic heterocycles. The minimum absolute atomic E-state index is 0. The van der Waals surface area contributed by atoms with E-state index in [1.807, 2.05) is 23.1 Å². The molecular weight excluding hydrogens is 413 g/mol. The van der Waals surface area contributed by atoms with Gasteiger partial charge in [-0.1, -0.05) is 38.1 Å². The van der Waals surface area contributed by atoms with Crippen molar-refractivity contribution in [2.75, 3.05) is 13.6 Å². The van der Waals surface area contributed by atoms with E-state index in [0.29, 0.717) is 5.92 Å². The van der Waals surface area contributed by atoms with Crippen molar-refractivity contribution in [3.63, 3.8) is 0 Å². The zero-order chi connectivity index (χ0) is 16.5. The number of aliphatic imine (C=N–C) groups is 1. The van der Waals surface area contributed by atoms with Crippen LogP contribution in [-0.4, -0.2) is 29.3 Å². The molecule has 0 radical (unpaired) electrons. The Kier molecular flexibility index (Phi) is 9.44. The van der Waals surface area contributed by atoms with Crippen LogP contribution in [0.15, 0.2) is 47.7 Å². The number of nitrogens with zero attached hydrogens (tertiary/aromatic N) is 3. The predicted molar refractivity (Wildman–Crippen MR) is 111 cm³/mol. The normalized spacial score (nSPS) is 12.4. The maximum atomic E-state index is 4.30. The number of rotatable bonds is 7. The third-order valence-electron chi connectivity index (χ3n) is 3.85. The second-order valence-electron chi connectivity index (χ2n) is 5.76. The Morgan fingerprint density at radius 2 is 1.96 bits per heavy atom. The first kappa shape index (κ1) is 20.5. The van der Waals surface area contributed by atoms with Crippen molar-refractivity contribution in [3.8, 4) is 0 Å². The van der Waals surface area contributed by atoms with Crippen LogP contribution < -0.4 is 10.6 Å². The Labute approximate surface area is 162 Å². The largest absolute Gasteiger partial charge is 0.356 e. The molecule has 0 spiro atoms. The summed E-state index contributed by atoms with van der Waals surface area (Å²) in [6, 6.07) is 10.5. The fourth-order valence-electron chi connectivity index (χ4n) is 2.54. The number of guanidine groups is 1. The van der Waals surface area contributed by atoms with Gasteiger partial charge in [0.2, 0.25) is 0 Å². The molecule has 0 fully saturated rings. The lowest BCUT2D eigenvalue weighted by molar-refractivity contribution is 0.443. The lowest BCUT2D eigenvalue weighted by Crippen LogP contribution is -2.39. The van der Waals surface area contributed by atoms with Crippen molar-refractivity contribution in [1.82, 2.24) is 20.4 Å². The number of benzene rings is 1. The molecule has 2 aromatic rings. The standard InChI is InChI=1S/C18H27N5.HI/c1-4-16-8-5-6-9-17(16)13-21-18(19-3)20-12-15(2)14-23-11-7-10-22-23;/h5-11,15H,4,12-14H2,1-3H3,(H2,19,20,21);1H. The van der Waals surface area contributed by atoms with Gasteiger partial charge in [-0.05, 0) is 29.5 Å². The number of hydrogen-bond acceptors (Lipinski definition) is 2. The van der Waals surface area contributed by atoms with Crippen molar-refractivity contribution >= 4 is 29.9 Å². The molecule has 24 heavy (non-hydrogen) atoms. The summed E-state index contributed by atoms with van der Waals surface area (Å²) < 4.78 is 1.96. The molecule has 0 saturated heterocycles. The van der Waals surface area contributed by atoms with Crippen molar-refractivity contribution in [3.05, 3.63) is 53.9 Å². The van der Waals surface area contributed by atoms with E-state index in [2.05, 4.69) is 58.8 Å². The summed E-state index contributed by atoms with van der Waals surface area (Å²) in [6.45, 7) is 6.93. The molecule has 0 amide bonds. The summed E-state index contributed by atoms with van der Waals surface area (Å²) in [4.78, 5) is 4.30. The second-order valence-corrected chi connectivity index (χ2v) is 5.76. The van der Waals surface area contributed by atoms with E-state index in [-0.39, 0.29) is 24.0 Å². The van der Waals surface area contributed by atoms with Gasteiger partial charge in [-0.2, -0.15) is 5.10 Å². The van der Waals surface area contributed by atoms with Gasteiger partial charge >= 0.3 is 0 Å². The highest BCUT2D eigenvalue weighted by atomic mass is 127. The Morgan fingerprint density at radius 1 is 1.21 bits per heavy atom. The van der Waals surface area contributed by atoms with Gasteiger partial charge in [-0.3, -0.25) is 9.67 Å². The van der Waals surface area contributed by atoms with Gasteiger partial charge in [0, 0.05) is 39.1 Å². The topological polar surface area (TPSA) is 54.2 Å². The number of hydrogen-bond donors (Lipinski definition) is 2. The highest BCUT2D eigenvalue weighted by Crippen LogP contribution is 2.08. The molecule has 1 atom stereocenters. The van der Waals surface area contributed by atoms with E-state index < -0.39 is 0 Å². The van der Waals surface area contributed by atoms with Crippen LogP contribution in [-0.2, 0) is 19.5 Å². The van der Waals surface area contributed by atoms with E-state index in [1.165, 1.54) is 11.1 Å². The van der Waals surface area contributed by atoms with Gasteiger partial charge in [0.25, 0.3) is 0 Å². The summed E-state index contributed by atoms with van der Waals surface area (Å²) in [7, 11) is 1.80. The quantitative estimate of drug-likeness (QED) is 0.395. The highest BCUT2D eigenvalue weighted by Gasteiger charge is 2.06. The van der Waals surface area contributed by atoms with E-state index in [0.717, 1.165) is 32.0 Å². The summed E-state index contributed by atoms with van der Waals surface area (Å²) in [5, 5.41) is 11.0. The average molecular weight is 441 g/mol.